The third-order valence-corrected chi connectivity index (χ3v) is 6.04. The summed E-state index contributed by atoms with van der Waals surface area (Å²) >= 11 is 0. The van der Waals surface area contributed by atoms with Gasteiger partial charge in [-0.3, -0.25) is 9.59 Å². The highest BCUT2D eigenvalue weighted by atomic mass is 19.3. The van der Waals surface area contributed by atoms with E-state index in [0.717, 1.165) is 0 Å². The predicted molar refractivity (Wildman–Crippen MR) is 102 cm³/mol. The molecule has 4 rings (SSSR count). The largest absolute Gasteiger partial charge is 0.434 e. The normalized spacial score (nSPS) is 23.8. The molecule has 7 nitrogen and oxygen atoms in total. The van der Waals surface area contributed by atoms with Crippen molar-refractivity contribution in [3.63, 3.8) is 0 Å². The first-order valence-electron chi connectivity index (χ1n) is 10.4. The van der Waals surface area contributed by atoms with Gasteiger partial charge in [0.15, 0.2) is 5.79 Å². The highest BCUT2D eigenvalue weighted by Crippen LogP contribution is 2.33. The minimum absolute atomic E-state index is 0.0254. The summed E-state index contributed by atoms with van der Waals surface area (Å²) in [6.45, 7) is 0.0493. The van der Waals surface area contributed by atoms with Crippen LogP contribution in [0.1, 0.15) is 36.0 Å². The molecule has 164 valence electrons. The summed E-state index contributed by atoms with van der Waals surface area (Å²) in [5, 5.41) is 0. The Morgan fingerprint density at radius 1 is 1.07 bits per heavy atom. The van der Waals surface area contributed by atoms with E-state index >= 15 is 0 Å². The second kappa shape index (κ2) is 8.85. The molecule has 0 aliphatic carbocycles. The maximum absolute atomic E-state index is 13.1. The van der Waals surface area contributed by atoms with Crippen LogP contribution in [0.2, 0.25) is 0 Å². The van der Waals surface area contributed by atoms with Crippen LogP contribution in [0, 0.1) is 5.92 Å². The van der Waals surface area contributed by atoms with Crippen LogP contribution in [0.25, 0.3) is 0 Å². The van der Waals surface area contributed by atoms with Gasteiger partial charge in [0.25, 0.3) is 5.91 Å². The van der Waals surface area contributed by atoms with E-state index in [0.29, 0.717) is 58.5 Å². The summed E-state index contributed by atoms with van der Waals surface area (Å²) < 4.78 is 41.3. The Hall–Kier alpha value is -2.26. The zero-order valence-corrected chi connectivity index (χ0v) is 16.7. The van der Waals surface area contributed by atoms with Gasteiger partial charge in [0.1, 0.15) is 5.75 Å². The zero-order chi connectivity index (χ0) is 21.1. The molecule has 1 aromatic carbocycles. The molecule has 0 radical (unpaired) electrons. The zero-order valence-electron chi connectivity index (χ0n) is 16.7. The van der Waals surface area contributed by atoms with Crippen molar-refractivity contribution in [1.82, 2.24) is 9.80 Å². The molecule has 1 atom stereocenters. The number of piperidine rings is 2. The van der Waals surface area contributed by atoms with Crippen LogP contribution >= 0.6 is 0 Å². The Labute approximate surface area is 173 Å². The van der Waals surface area contributed by atoms with Crippen molar-refractivity contribution in [1.29, 1.82) is 0 Å². The number of carbonyl (C=O) groups excluding carboxylic acids is 2. The van der Waals surface area contributed by atoms with Gasteiger partial charge in [-0.2, -0.15) is 8.78 Å². The molecular formula is C21H26F2N2O5. The molecule has 0 saturated carbocycles. The number of hydrogen-bond donors (Lipinski definition) is 0. The number of alkyl halides is 2. The number of rotatable bonds is 4. The van der Waals surface area contributed by atoms with Crippen molar-refractivity contribution in [3.05, 3.63) is 29.8 Å². The van der Waals surface area contributed by atoms with Crippen LogP contribution < -0.4 is 4.74 Å². The molecule has 1 aromatic rings. The Morgan fingerprint density at radius 2 is 1.77 bits per heavy atom. The molecular weight excluding hydrogens is 398 g/mol. The van der Waals surface area contributed by atoms with Crippen molar-refractivity contribution in [2.45, 2.75) is 38.1 Å². The summed E-state index contributed by atoms with van der Waals surface area (Å²) in [6.07, 6.45) is 2.68. The number of para-hydroxylation sites is 1. The second-order valence-electron chi connectivity index (χ2n) is 7.90. The average Bonchev–Trinajstić information content (AvgIpc) is 3.21. The number of halogens is 2. The van der Waals surface area contributed by atoms with E-state index in [1.165, 1.54) is 18.2 Å². The van der Waals surface area contributed by atoms with Gasteiger partial charge in [-0.1, -0.05) is 12.1 Å². The molecule has 3 fully saturated rings. The van der Waals surface area contributed by atoms with Crippen LogP contribution in [-0.4, -0.2) is 73.4 Å². The molecule has 3 aliphatic rings. The molecule has 2 amide bonds. The first kappa shape index (κ1) is 21.0. The lowest BCUT2D eigenvalue weighted by molar-refractivity contribution is -0.188. The summed E-state index contributed by atoms with van der Waals surface area (Å²) in [5.41, 5.74) is 0.0846. The molecule has 3 aliphatic heterocycles. The van der Waals surface area contributed by atoms with Gasteiger partial charge >= 0.3 is 6.61 Å². The molecule has 0 N–H and O–H groups in total. The number of nitrogens with zero attached hydrogens (tertiary/aromatic N) is 2. The van der Waals surface area contributed by atoms with E-state index in [1.54, 1.807) is 11.0 Å². The Bertz CT molecular complexity index is 774. The summed E-state index contributed by atoms with van der Waals surface area (Å²) in [5.74, 6) is -1.36. The van der Waals surface area contributed by atoms with Crippen molar-refractivity contribution >= 4 is 11.8 Å². The molecule has 1 spiro atoms. The van der Waals surface area contributed by atoms with E-state index in [2.05, 4.69) is 4.74 Å². The van der Waals surface area contributed by atoms with Crippen LogP contribution in [0.4, 0.5) is 8.78 Å². The van der Waals surface area contributed by atoms with E-state index in [1.807, 2.05) is 4.90 Å². The van der Waals surface area contributed by atoms with Gasteiger partial charge < -0.3 is 24.0 Å². The lowest BCUT2D eigenvalue weighted by Crippen LogP contribution is -2.51. The Morgan fingerprint density at radius 3 is 2.47 bits per heavy atom. The van der Waals surface area contributed by atoms with E-state index < -0.39 is 18.3 Å². The number of likely N-dealkylation sites (tertiary alicyclic amines) is 2. The number of carbonyl (C=O) groups is 2. The highest BCUT2D eigenvalue weighted by molar-refractivity contribution is 5.97. The fourth-order valence-corrected chi connectivity index (χ4v) is 4.49. The quantitative estimate of drug-likeness (QED) is 0.743. The fourth-order valence-electron chi connectivity index (χ4n) is 4.49. The van der Waals surface area contributed by atoms with E-state index in [4.69, 9.17) is 9.47 Å². The van der Waals surface area contributed by atoms with Gasteiger partial charge in [0.05, 0.1) is 24.7 Å². The Balaban J connectivity index is 1.39. The SMILES string of the molecule is O=C(c1ccccc1OC(F)F)N1CCCC(C(=O)N2CCC3(CC2)OCCO3)C1. The van der Waals surface area contributed by atoms with Crippen LogP contribution in [0.15, 0.2) is 24.3 Å². The smallest absolute Gasteiger partial charge is 0.387 e. The summed E-state index contributed by atoms with van der Waals surface area (Å²) in [6, 6.07) is 5.96. The molecule has 1 unspecified atom stereocenters. The van der Waals surface area contributed by atoms with Crippen LogP contribution in [0.3, 0.4) is 0 Å². The molecule has 3 heterocycles. The number of amides is 2. The number of hydrogen-bond acceptors (Lipinski definition) is 5. The molecule has 9 heteroatoms. The predicted octanol–water partition coefficient (Wildman–Crippen LogP) is 2.51. The minimum Gasteiger partial charge on any atom is -0.434 e. The lowest BCUT2D eigenvalue weighted by Gasteiger charge is -2.40. The van der Waals surface area contributed by atoms with E-state index in [-0.39, 0.29) is 29.7 Å². The maximum atomic E-state index is 13.1. The summed E-state index contributed by atoms with van der Waals surface area (Å²) in [7, 11) is 0. The third kappa shape index (κ3) is 4.41. The van der Waals surface area contributed by atoms with Gasteiger partial charge in [-0.15, -0.1) is 0 Å². The minimum atomic E-state index is -3.01. The van der Waals surface area contributed by atoms with Gasteiger partial charge in [0, 0.05) is 39.0 Å². The van der Waals surface area contributed by atoms with Crippen molar-refractivity contribution in [3.8, 4) is 5.75 Å². The summed E-state index contributed by atoms with van der Waals surface area (Å²) in [4.78, 5) is 29.4. The first-order valence-corrected chi connectivity index (χ1v) is 10.4. The van der Waals surface area contributed by atoms with Gasteiger partial charge in [-0.05, 0) is 25.0 Å². The lowest BCUT2D eigenvalue weighted by atomic mass is 9.94. The number of benzene rings is 1. The van der Waals surface area contributed by atoms with Crippen molar-refractivity contribution in [2.75, 3.05) is 39.4 Å². The van der Waals surface area contributed by atoms with Crippen molar-refractivity contribution < 1.29 is 32.6 Å². The third-order valence-electron chi connectivity index (χ3n) is 6.04. The van der Waals surface area contributed by atoms with E-state index in [9.17, 15) is 18.4 Å². The van der Waals surface area contributed by atoms with Crippen LogP contribution in [0.5, 0.6) is 5.75 Å². The monoisotopic (exact) mass is 424 g/mol. The molecule has 3 saturated heterocycles. The first-order chi connectivity index (χ1) is 14.5. The standard InChI is InChI=1S/C21H26F2N2O5/c22-20(23)30-17-6-2-1-5-16(17)19(27)25-9-3-4-15(14-25)18(26)24-10-7-21(8-11-24)28-12-13-29-21/h1-2,5-6,15,20H,3-4,7-14H2. The fraction of sp³-hybridized carbons (Fsp3) is 0.619. The van der Waals surface area contributed by atoms with Gasteiger partial charge in [-0.25, -0.2) is 0 Å². The average molecular weight is 424 g/mol. The number of ether oxygens (including phenoxy) is 3. The highest BCUT2D eigenvalue weighted by Gasteiger charge is 2.42. The molecule has 0 aromatic heterocycles. The van der Waals surface area contributed by atoms with Crippen molar-refractivity contribution in [2.24, 2.45) is 5.92 Å². The Kier molecular flexibility index (Phi) is 6.19. The molecule has 30 heavy (non-hydrogen) atoms. The second-order valence-corrected chi connectivity index (χ2v) is 7.90. The van der Waals surface area contributed by atoms with Gasteiger partial charge in [0.2, 0.25) is 5.91 Å². The topological polar surface area (TPSA) is 68.3 Å². The maximum Gasteiger partial charge on any atom is 0.387 e. The van der Waals surface area contributed by atoms with Crippen LogP contribution in [-0.2, 0) is 14.3 Å². The molecule has 0 bridgehead atoms.